The van der Waals surface area contributed by atoms with Gasteiger partial charge >= 0.3 is 0 Å². The normalized spacial score (nSPS) is 11.5. The Labute approximate surface area is 165 Å². The zero-order chi connectivity index (χ0) is 20.3. The monoisotopic (exact) mass is 418 g/mol. The van der Waals surface area contributed by atoms with Crippen LogP contribution in [0.15, 0.2) is 48.5 Å². The fourth-order valence-corrected chi connectivity index (χ4v) is 4.63. The standard InChI is InChI=1S/C18H18N4O4S2/c19-9-11-4-1-2-5-12(11)13-6-3-7-16-14(13)8-17(27-16)15(23)10-28(24,25)26-22-18(20)21/h1-8H,9-10,19H2,(H4,20,21,22). The van der Waals surface area contributed by atoms with Crippen molar-refractivity contribution in [3.63, 3.8) is 0 Å². The molecule has 28 heavy (non-hydrogen) atoms. The van der Waals surface area contributed by atoms with Gasteiger partial charge in [0.25, 0.3) is 10.1 Å². The second-order valence-electron chi connectivity index (χ2n) is 5.91. The molecular formula is C18H18N4O4S2. The average molecular weight is 419 g/mol. The molecule has 0 aliphatic carbocycles. The van der Waals surface area contributed by atoms with Crippen LogP contribution in [0.1, 0.15) is 15.2 Å². The number of nitrogens with one attached hydrogen (secondary N) is 2. The van der Waals surface area contributed by atoms with Crippen LogP contribution in [0.3, 0.4) is 0 Å². The first kappa shape index (κ1) is 20.0. The molecule has 3 rings (SSSR count). The molecule has 0 saturated carbocycles. The Morgan fingerprint density at radius 2 is 1.86 bits per heavy atom. The quantitative estimate of drug-likeness (QED) is 0.198. The van der Waals surface area contributed by atoms with Crippen LogP contribution >= 0.6 is 11.3 Å². The van der Waals surface area contributed by atoms with E-state index < -0.39 is 27.6 Å². The van der Waals surface area contributed by atoms with E-state index in [0.717, 1.165) is 26.8 Å². The number of hydrogen-bond acceptors (Lipinski definition) is 7. The molecule has 0 bridgehead atoms. The van der Waals surface area contributed by atoms with E-state index in [2.05, 4.69) is 4.28 Å². The van der Waals surface area contributed by atoms with Gasteiger partial charge in [0.1, 0.15) is 5.75 Å². The number of carbonyl (C=O) groups excluding carboxylic acids is 1. The minimum absolute atomic E-state index is 0.294. The van der Waals surface area contributed by atoms with Gasteiger partial charge in [-0.1, -0.05) is 36.4 Å². The van der Waals surface area contributed by atoms with Gasteiger partial charge in [-0.05, 0) is 28.8 Å². The third kappa shape index (κ3) is 4.37. The number of thiophene rings is 1. The smallest absolute Gasteiger partial charge is 0.295 e. The Kier molecular flexibility index (Phi) is 5.75. The third-order valence-electron chi connectivity index (χ3n) is 3.95. The molecule has 0 aliphatic rings. The van der Waals surface area contributed by atoms with Crippen LogP contribution < -0.4 is 16.9 Å². The van der Waals surface area contributed by atoms with E-state index in [-0.39, 0.29) is 0 Å². The fraction of sp³-hybridized carbons (Fsp3) is 0.111. The first-order valence-corrected chi connectivity index (χ1v) is 10.6. The number of benzene rings is 2. The Hall–Kier alpha value is -2.79. The first-order valence-electron chi connectivity index (χ1n) is 8.16. The SMILES string of the molecule is N=C(N)NOS(=O)(=O)CC(=O)c1cc2c(-c3ccccc3CN)cccc2s1. The van der Waals surface area contributed by atoms with Gasteiger partial charge in [0.05, 0.1) is 4.88 Å². The largest absolute Gasteiger partial charge is 0.368 e. The predicted octanol–water partition coefficient (Wildman–Crippen LogP) is 1.95. The number of carbonyl (C=O) groups is 1. The van der Waals surface area contributed by atoms with Gasteiger partial charge in [-0.2, -0.15) is 8.42 Å². The number of Topliss-reactive ketones (excluding diaryl/α,β-unsaturated/α-hetero) is 1. The summed E-state index contributed by atoms with van der Waals surface area (Å²) in [5.74, 6) is -2.15. The first-order chi connectivity index (χ1) is 13.3. The maximum absolute atomic E-state index is 12.5. The molecule has 0 amide bonds. The highest BCUT2D eigenvalue weighted by Crippen LogP contribution is 2.35. The highest BCUT2D eigenvalue weighted by Gasteiger charge is 2.22. The van der Waals surface area contributed by atoms with Crippen molar-refractivity contribution < 1.29 is 17.5 Å². The number of rotatable bonds is 7. The zero-order valence-electron chi connectivity index (χ0n) is 14.6. The molecule has 10 heteroatoms. The summed E-state index contributed by atoms with van der Waals surface area (Å²) in [6, 6.07) is 15.1. The van der Waals surface area contributed by atoms with Crippen molar-refractivity contribution >= 4 is 43.3 Å². The summed E-state index contributed by atoms with van der Waals surface area (Å²) < 4.78 is 28.9. The molecule has 0 atom stereocenters. The lowest BCUT2D eigenvalue weighted by Gasteiger charge is -2.09. The number of hydroxylamine groups is 1. The molecule has 2 aromatic carbocycles. The molecule has 1 heterocycles. The van der Waals surface area contributed by atoms with E-state index in [4.69, 9.17) is 16.9 Å². The number of fused-ring (bicyclic) bond motifs is 1. The molecular weight excluding hydrogens is 400 g/mol. The lowest BCUT2D eigenvalue weighted by atomic mass is 9.97. The van der Waals surface area contributed by atoms with Crippen molar-refractivity contribution in [2.75, 3.05) is 5.75 Å². The van der Waals surface area contributed by atoms with E-state index in [1.807, 2.05) is 42.5 Å². The summed E-state index contributed by atoms with van der Waals surface area (Å²) in [7, 11) is -4.23. The summed E-state index contributed by atoms with van der Waals surface area (Å²) in [4.78, 5) is 12.8. The number of nitrogens with two attached hydrogens (primary N) is 2. The Bertz CT molecular complexity index is 1160. The molecule has 8 nitrogen and oxygen atoms in total. The molecule has 0 radical (unpaired) electrons. The summed E-state index contributed by atoms with van der Waals surface area (Å²) >= 11 is 1.20. The van der Waals surface area contributed by atoms with Gasteiger partial charge in [0.15, 0.2) is 5.78 Å². The van der Waals surface area contributed by atoms with Crippen molar-refractivity contribution in [3.05, 3.63) is 59.0 Å². The molecule has 146 valence electrons. The maximum atomic E-state index is 12.5. The fourth-order valence-electron chi connectivity index (χ4n) is 2.76. The van der Waals surface area contributed by atoms with Gasteiger partial charge in [0, 0.05) is 16.6 Å². The van der Waals surface area contributed by atoms with Crippen LogP contribution in [0.25, 0.3) is 21.2 Å². The van der Waals surface area contributed by atoms with Gasteiger partial charge in [0.2, 0.25) is 5.96 Å². The van der Waals surface area contributed by atoms with Crippen LogP contribution in [-0.4, -0.2) is 25.9 Å². The van der Waals surface area contributed by atoms with Gasteiger partial charge < -0.3 is 11.5 Å². The zero-order valence-corrected chi connectivity index (χ0v) is 16.3. The van der Waals surface area contributed by atoms with Gasteiger partial charge in [-0.25, -0.2) is 5.48 Å². The number of ketones is 1. The molecule has 0 unspecified atom stereocenters. The lowest BCUT2D eigenvalue weighted by Crippen LogP contribution is -2.34. The van der Waals surface area contributed by atoms with E-state index >= 15 is 0 Å². The van der Waals surface area contributed by atoms with E-state index in [1.165, 1.54) is 11.3 Å². The Balaban J connectivity index is 1.95. The number of guanidine groups is 1. The van der Waals surface area contributed by atoms with Crippen molar-refractivity contribution in [3.8, 4) is 11.1 Å². The molecule has 3 aromatic rings. The van der Waals surface area contributed by atoms with Crippen LogP contribution in [0.4, 0.5) is 0 Å². The topological polar surface area (TPSA) is 148 Å². The summed E-state index contributed by atoms with van der Waals surface area (Å²) in [6.07, 6.45) is 0. The van der Waals surface area contributed by atoms with Crippen LogP contribution in [0.2, 0.25) is 0 Å². The number of hydrogen-bond donors (Lipinski definition) is 4. The van der Waals surface area contributed by atoms with E-state index in [0.29, 0.717) is 11.4 Å². The maximum Gasteiger partial charge on any atom is 0.295 e. The molecule has 0 saturated heterocycles. The molecule has 0 spiro atoms. The highest BCUT2D eigenvalue weighted by molar-refractivity contribution is 7.87. The highest BCUT2D eigenvalue weighted by atomic mass is 32.2. The lowest BCUT2D eigenvalue weighted by molar-refractivity contribution is 0.102. The Morgan fingerprint density at radius 3 is 2.57 bits per heavy atom. The van der Waals surface area contributed by atoms with E-state index in [9.17, 15) is 13.2 Å². The molecule has 1 aromatic heterocycles. The van der Waals surface area contributed by atoms with Crippen molar-refractivity contribution in [1.29, 1.82) is 5.41 Å². The summed E-state index contributed by atoms with van der Waals surface area (Å²) in [5.41, 5.74) is 15.4. The third-order valence-corrected chi connectivity index (χ3v) is 6.04. The van der Waals surface area contributed by atoms with Gasteiger partial charge in [-0.15, -0.1) is 15.6 Å². The van der Waals surface area contributed by atoms with Crippen LogP contribution in [0.5, 0.6) is 0 Å². The second-order valence-corrected chi connectivity index (χ2v) is 8.57. The van der Waals surface area contributed by atoms with Crippen molar-refractivity contribution in [1.82, 2.24) is 5.48 Å². The summed E-state index contributed by atoms with van der Waals surface area (Å²) in [6.45, 7) is 0.376. The molecule has 6 N–H and O–H groups in total. The second kappa shape index (κ2) is 8.07. The minimum atomic E-state index is -4.23. The van der Waals surface area contributed by atoms with Crippen molar-refractivity contribution in [2.24, 2.45) is 11.5 Å². The molecule has 0 aliphatic heterocycles. The molecule has 0 fully saturated rings. The van der Waals surface area contributed by atoms with E-state index in [1.54, 1.807) is 11.5 Å². The Morgan fingerprint density at radius 1 is 1.14 bits per heavy atom. The van der Waals surface area contributed by atoms with Gasteiger partial charge in [-0.3, -0.25) is 10.2 Å². The summed E-state index contributed by atoms with van der Waals surface area (Å²) in [5, 5.41) is 7.76. The van der Waals surface area contributed by atoms with Crippen molar-refractivity contribution in [2.45, 2.75) is 6.54 Å². The average Bonchev–Trinajstić information content (AvgIpc) is 3.11. The predicted molar refractivity (Wildman–Crippen MR) is 109 cm³/mol. The van der Waals surface area contributed by atoms with Crippen LogP contribution in [0, 0.1) is 5.41 Å². The van der Waals surface area contributed by atoms with Crippen LogP contribution in [-0.2, 0) is 20.9 Å². The minimum Gasteiger partial charge on any atom is -0.368 e.